The maximum absolute atomic E-state index is 12.3. The third-order valence-electron chi connectivity index (χ3n) is 4.02. The number of aromatic nitrogens is 2. The highest BCUT2D eigenvalue weighted by molar-refractivity contribution is 6.39. The molecule has 1 saturated heterocycles. The number of rotatable bonds is 3. The fourth-order valence-electron chi connectivity index (χ4n) is 2.61. The van der Waals surface area contributed by atoms with Gasteiger partial charge in [0.2, 0.25) is 11.9 Å². The predicted molar refractivity (Wildman–Crippen MR) is 94.4 cm³/mol. The van der Waals surface area contributed by atoms with Crippen LogP contribution in [0.4, 0.5) is 11.6 Å². The summed E-state index contributed by atoms with van der Waals surface area (Å²) in [4.78, 5) is 47.3. The van der Waals surface area contributed by atoms with Crippen molar-refractivity contribution in [2.75, 3.05) is 36.4 Å². The van der Waals surface area contributed by atoms with E-state index in [9.17, 15) is 14.4 Å². The molecule has 1 aromatic carbocycles. The van der Waals surface area contributed by atoms with E-state index in [-0.39, 0.29) is 0 Å². The minimum absolute atomic E-state index is 0.327. The summed E-state index contributed by atoms with van der Waals surface area (Å²) in [7, 11) is 0. The maximum Gasteiger partial charge on any atom is 0.313 e. The fraction of sp³-hybridized carbons (Fsp3) is 0.235. The lowest BCUT2D eigenvalue weighted by molar-refractivity contribution is -0.143. The van der Waals surface area contributed by atoms with Crippen LogP contribution in [0.15, 0.2) is 42.7 Å². The normalized spacial score (nSPS) is 14.0. The number of carbonyl (C=O) groups excluding carboxylic acids is 3. The van der Waals surface area contributed by atoms with E-state index in [0.717, 1.165) is 0 Å². The Bertz CT molecular complexity index is 801. The van der Waals surface area contributed by atoms with Crippen LogP contribution in [0.5, 0.6) is 0 Å². The molecule has 3 amide bonds. The van der Waals surface area contributed by atoms with Crippen molar-refractivity contribution in [1.82, 2.24) is 14.9 Å². The first-order chi connectivity index (χ1) is 12.5. The maximum atomic E-state index is 12.3. The number of nitrogens with zero attached hydrogens (tertiary/aromatic N) is 4. The summed E-state index contributed by atoms with van der Waals surface area (Å²) in [5.74, 6) is -1.27. The van der Waals surface area contributed by atoms with Gasteiger partial charge in [0.25, 0.3) is 0 Å². The third-order valence-corrected chi connectivity index (χ3v) is 4.02. The van der Waals surface area contributed by atoms with Gasteiger partial charge >= 0.3 is 11.8 Å². The van der Waals surface area contributed by atoms with Crippen molar-refractivity contribution < 1.29 is 14.4 Å². The van der Waals surface area contributed by atoms with Crippen LogP contribution in [-0.4, -0.2) is 58.8 Å². The molecule has 1 aliphatic rings. The zero-order chi connectivity index (χ0) is 18.5. The quantitative estimate of drug-likeness (QED) is 0.740. The second-order valence-corrected chi connectivity index (χ2v) is 5.72. The van der Waals surface area contributed by atoms with Crippen molar-refractivity contribution in [2.45, 2.75) is 0 Å². The average Bonchev–Trinajstić information content (AvgIpc) is 2.68. The van der Waals surface area contributed by atoms with Crippen LogP contribution in [0.3, 0.4) is 0 Å². The summed E-state index contributed by atoms with van der Waals surface area (Å²) in [6.45, 7) is 1.92. The number of nitrogens with two attached hydrogens (primary N) is 1. The number of benzene rings is 1. The molecule has 0 aliphatic carbocycles. The molecule has 1 aliphatic heterocycles. The second kappa shape index (κ2) is 7.60. The fourth-order valence-corrected chi connectivity index (χ4v) is 2.61. The standard InChI is InChI=1S/C17H18N6O3/c18-14(24)12-2-4-13(5-3-12)21-15(25)16(26)22-8-10-23(11-9-22)17-19-6-1-7-20-17/h1-7H,8-11H2,(H2,18,24)(H,21,25). The van der Waals surface area contributed by atoms with Gasteiger partial charge in [0.15, 0.2) is 0 Å². The van der Waals surface area contributed by atoms with E-state index in [1.54, 1.807) is 18.5 Å². The predicted octanol–water partition coefficient (Wildman–Crippen LogP) is -0.137. The Hall–Kier alpha value is -3.49. The molecular weight excluding hydrogens is 336 g/mol. The minimum atomic E-state index is -0.721. The first-order valence-electron chi connectivity index (χ1n) is 8.06. The molecule has 1 fully saturated rings. The van der Waals surface area contributed by atoms with Gasteiger partial charge < -0.3 is 20.9 Å². The molecule has 0 saturated carbocycles. The molecule has 2 heterocycles. The van der Waals surface area contributed by atoms with Gasteiger partial charge in [0, 0.05) is 49.8 Å². The molecule has 26 heavy (non-hydrogen) atoms. The zero-order valence-corrected chi connectivity index (χ0v) is 14.0. The lowest BCUT2D eigenvalue weighted by Crippen LogP contribution is -2.52. The molecule has 0 spiro atoms. The SMILES string of the molecule is NC(=O)c1ccc(NC(=O)C(=O)N2CCN(c3ncccn3)CC2)cc1. The van der Waals surface area contributed by atoms with Crippen LogP contribution >= 0.6 is 0 Å². The zero-order valence-electron chi connectivity index (χ0n) is 14.0. The lowest BCUT2D eigenvalue weighted by Gasteiger charge is -2.34. The van der Waals surface area contributed by atoms with Gasteiger partial charge in [0.1, 0.15) is 0 Å². The van der Waals surface area contributed by atoms with Crippen LogP contribution in [0, 0.1) is 0 Å². The lowest BCUT2D eigenvalue weighted by atomic mass is 10.2. The summed E-state index contributed by atoms with van der Waals surface area (Å²) < 4.78 is 0. The van der Waals surface area contributed by atoms with Gasteiger partial charge in [-0.2, -0.15) is 0 Å². The number of anilines is 2. The van der Waals surface area contributed by atoms with E-state index in [4.69, 9.17) is 5.73 Å². The van der Waals surface area contributed by atoms with Gasteiger partial charge in [-0.1, -0.05) is 0 Å². The molecule has 134 valence electrons. The van der Waals surface area contributed by atoms with E-state index in [2.05, 4.69) is 15.3 Å². The Kier molecular flexibility index (Phi) is 5.07. The molecule has 3 rings (SSSR count). The molecule has 0 unspecified atom stereocenters. The number of hydrogen-bond acceptors (Lipinski definition) is 6. The van der Waals surface area contributed by atoms with Crippen molar-refractivity contribution in [3.63, 3.8) is 0 Å². The summed E-state index contributed by atoms with van der Waals surface area (Å²) >= 11 is 0. The molecule has 9 nitrogen and oxygen atoms in total. The van der Waals surface area contributed by atoms with Crippen molar-refractivity contribution in [2.24, 2.45) is 5.73 Å². The minimum Gasteiger partial charge on any atom is -0.366 e. The summed E-state index contributed by atoms with van der Waals surface area (Å²) in [6.07, 6.45) is 3.33. The number of nitrogens with one attached hydrogen (secondary N) is 1. The van der Waals surface area contributed by atoms with Crippen LogP contribution < -0.4 is 16.0 Å². The van der Waals surface area contributed by atoms with Crippen molar-refractivity contribution in [3.8, 4) is 0 Å². The second-order valence-electron chi connectivity index (χ2n) is 5.72. The van der Waals surface area contributed by atoms with E-state index in [1.165, 1.54) is 29.2 Å². The summed E-state index contributed by atoms with van der Waals surface area (Å²) in [6, 6.07) is 7.76. The molecule has 0 bridgehead atoms. The van der Waals surface area contributed by atoms with Gasteiger partial charge in [0.05, 0.1) is 0 Å². The molecule has 0 radical (unpaired) electrons. The molecule has 9 heteroatoms. The number of carbonyl (C=O) groups is 3. The Labute approximate surface area is 149 Å². The van der Waals surface area contributed by atoms with Crippen molar-refractivity contribution >= 4 is 29.4 Å². The summed E-state index contributed by atoms with van der Waals surface area (Å²) in [5, 5.41) is 2.53. The average molecular weight is 354 g/mol. The molecule has 1 aromatic heterocycles. The number of piperazine rings is 1. The first kappa shape index (κ1) is 17.3. The topological polar surface area (TPSA) is 122 Å². The largest absolute Gasteiger partial charge is 0.366 e. The Morgan fingerprint density at radius 1 is 0.962 bits per heavy atom. The molecule has 2 aromatic rings. The molecule has 3 N–H and O–H groups in total. The van der Waals surface area contributed by atoms with Gasteiger partial charge in [-0.15, -0.1) is 0 Å². The first-order valence-corrected chi connectivity index (χ1v) is 8.06. The highest BCUT2D eigenvalue weighted by atomic mass is 16.2. The van der Waals surface area contributed by atoms with E-state index in [0.29, 0.717) is 43.4 Å². The van der Waals surface area contributed by atoms with Gasteiger partial charge in [-0.05, 0) is 30.3 Å². The van der Waals surface area contributed by atoms with Crippen LogP contribution in [0.25, 0.3) is 0 Å². The Morgan fingerprint density at radius 2 is 1.58 bits per heavy atom. The highest BCUT2D eigenvalue weighted by Gasteiger charge is 2.26. The van der Waals surface area contributed by atoms with Crippen LogP contribution in [0.1, 0.15) is 10.4 Å². The van der Waals surface area contributed by atoms with E-state index >= 15 is 0 Å². The third kappa shape index (κ3) is 3.94. The van der Waals surface area contributed by atoms with Gasteiger partial charge in [-0.25, -0.2) is 9.97 Å². The van der Waals surface area contributed by atoms with Crippen molar-refractivity contribution in [3.05, 3.63) is 48.3 Å². The number of amides is 3. The highest BCUT2D eigenvalue weighted by Crippen LogP contribution is 2.12. The van der Waals surface area contributed by atoms with Crippen LogP contribution in [-0.2, 0) is 9.59 Å². The summed E-state index contributed by atoms with van der Waals surface area (Å²) in [5.41, 5.74) is 5.91. The Morgan fingerprint density at radius 3 is 2.15 bits per heavy atom. The number of primary amides is 1. The van der Waals surface area contributed by atoms with Gasteiger partial charge in [-0.3, -0.25) is 14.4 Å². The Balaban J connectivity index is 1.54. The molecule has 0 atom stereocenters. The molecular formula is C17H18N6O3. The van der Waals surface area contributed by atoms with Crippen molar-refractivity contribution in [1.29, 1.82) is 0 Å². The monoisotopic (exact) mass is 354 g/mol. The van der Waals surface area contributed by atoms with E-state index < -0.39 is 17.7 Å². The van der Waals surface area contributed by atoms with Crippen LogP contribution in [0.2, 0.25) is 0 Å². The van der Waals surface area contributed by atoms with E-state index in [1.807, 2.05) is 4.90 Å². The number of hydrogen-bond donors (Lipinski definition) is 2. The smallest absolute Gasteiger partial charge is 0.313 e.